The lowest BCUT2D eigenvalue weighted by atomic mass is 10.4. The van der Waals surface area contributed by atoms with Crippen LogP contribution in [0.4, 0.5) is 0 Å². The minimum Gasteiger partial charge on any atom is -0.382 e. The average Bonchev–Trinajstić information content (AvgIpc) is 3.09. The van der Waals surface area contributed by atoms with Crippen LogP contribution in [0.2, 0.25) is 0 Å². The van der Waals surface area contributed by atoms with E-state index in [2.05, 4.69) is 12.2 Å². The van der Waals surface area contributed by atoms with Crippen molar-refractivity contribution in [3.63, 3.8) is 0 Å². The monoisotopic (exact) mass is 231 g/mol. The van der Waals surface area contributed by atoms with Crippen LogP contribution < -0.4 is 5.32 Å². The fourth-order valence-electron chi connectivity index (χ4n) is 1.37. The van der Waals surface area contributed by atoms with E-state index in [1.165, 1.54) is 12.8 Å². The summed E-state index contributed by atoms with van der Waals surface area (Å²) < 4.78 is 15.9. The smallest absolute Gasteiger partial charge is 0.0700 e. The van der Waals surface area contributed by atoms with Crippen molar-refractivity contribution in [2.75, 3.05) is 40.1 Å². The van der Waals surface area contributed by atoms with Crippen LogP contribution in [0.5, 0.6) is 0 Å². The van der Waals surface area contributed by atoms with E-state index in [-0.39, 0.29) is 0 Å². The third-order valence-electron chi connectivity index (χ3n) is 2.54. The number of nitrogens with one attached hydrogen (secondary N) is 1. The molecule has 0 aromatic rings. The van der Waals surface area contributed by atoms with Gasteiger partial charge in [-0.25, -0.2) is 0 Å². The summed E-state index contributed by atoms with van der Waals surface area (Å²) >= 11 is 0. The fourth-order valence-corrected chi connectivity index (χ4v) is 1.37. The molecule has 1 unspecified atom stereocenters. The Balaban J connectivity index is 1.75. The molecule has 16 heavy (non-hydrogen) atoms. The van der Waals surface area contributed by atoms with Crippen molar-refractivity contribution in [3.05, 3.63) is 0 Å². The first-order valence-electron chi connectivity index (χ1n) is 6.24. The standard InChI is InChI=1S/C12H25NO3/c1-11(10-13-12-4-5-12)16-7-3-6-15-9-8-14-2/h11-13H,3-10H2,1-2H3. The van der Waals surface area contributed by atoms with E-state index < -0.39 is 0 Å². The normalized spacial score (nSPS) is 17.6. The van der Waals surface area contributed by atoms with Crippen molar-refractivity contribution in [1.29, 1.82) is 0 Å². The van der Waals surface area contributed by atoms with Crippen LogP contribution in [0.15, 0.2) is 0 Å². The summed E-state index contributed by atoms with van der Waals surface area (Å²) in [7, 11) is 1.68. The molecule has 1 fully saturated rings. The Kier molecular flexibility index (Phi) is 7.76. The van der Waals surface area contributed by atoms with Crippen LogP contribution in [0.1, 0.15) is 26.2 Å². The summed E-state index contributed by atoms with van der Waals surface area (Å²) in [6.45, 7) is 5.96. The van der Waals surface area contributed by atoms with Crippen LogP contribution >= 0.6 is 0 Å². The number of rotatable bonds is 11. The summed E-state index contributed by atoms with van der Waals surface area (Å²) in [5, 5.41) is 3.45. The molecule has 4 nitrogen and oxygen atoms in total. The number of hydrogen-bond acceptors (Lipinski definition) is 4. The zero-order valence-electron chi connectivity index (χ0n) is 10.5. The van der Waals surface area contributed by atoms with E-state index in [1.54, 1.807) is 7.11 Å². The second-order valence-corrected chi connectivity index (χ2v) is 4.32. The molecular weight excluding hydrogens is 206 g/mol. The molecule has 0 aromatic heterocycles. The van der Waals surface area contributed by atoms with Crippen LogP contribution in [0, 0.1) is 0 Å². The first kappa shape index (κ1) is 13.9. The Labute approximate surface area is 98.6 Å². The van der Waals surface area contributed by atoms with Crippen molar-refractivity contribution < 1.29 is 14.2 Å². The summed E-state index contributed by atoms with van der Waals surface area (Å²) in [6.07, 6.45) is 3.93. The molecule has 0 bridgehead atoms. The van der Waals surface area contributed by atoms with Gasteiger partial charge in [-0.2, -0.15) is 0 Å². The highest BCUT2D eigenvalue weighted by molar-refractivity contribution is 4.81. The minimum absolute atomic E-state index is 0.305. The average molecular weight is 231 g/mol. The van der Waals surface area contributed by atoms with Gasteiger partial charge in [0.2, 0.25) is 0 Å². The van der Waals surface area contributed by atoms with Gasteiger partial charge in [-0.1, -0.05) is 0 Å². The highest BCUT2D eigenvalue weighted by atomic mass is 16.5. The van der Waals surface area contributed by atoms with Crippen LogP contribution in [-0.4, -0.2) is 52.2 Å². The molecule has 0 radical (unpaired) electrons. The third kappa shape index (κ3) is 8.05. The second kappa shape index (κ2) is 8.93. The Morgan fingerprint density at radius 1 is 1.19 bits per heavy atom. The highest BCUT2D eigenvalue weighted by Gasteiger charge is 2.20. The van der Waals surface area contributed by atoms with Gasteiger partial charge in [-0.3, -0.25) is 0 Å². The molecular formula is C12H25NO3. The van der Waals surface area contributed by atoms with Gasteiger partial charge in [0, 0.05) is 32.9 Å². The lowest BCUT2D eigenvalue weighted by molar-refractivity contribution is 0.0303. The van der Waals surface area contributed by atoms with Gasteiger partial charge in [0.15, 0.2) is 0 Å². The molecule has 0 spiro atoms. The van der Waals surface area contributed by atoms with Gasteiger partial charge < -0.3 is 19.5 Å². The van der Waals surface area contributed by atoms with Gasteiger partial charge in [0.25, 0.3) is 0 Å². The topological polar surface area (TPSA) is 39.7 Å². The van der Waals surface area contributed by atoms with Crippen molar-refractivity contribution in [3.8, 4) is 0 Å². The lowest BCUT2D eigenvalue weighted by Crippen LogP contribution is -2.28. The van der Waals surface area contributed by atoms with Crippen molar-refractivity contribution in [2.24, 2.45) is 0 Å². The molecule has 0 saturated heterocycles. The van der Waals surface area contributed by atoms with E-state index in [0.717, 1.165) is 32.2 Å². The van der Waals surface area contributed by atoms with Crippen molar-refractivity contribution >= 4 is 0 Å². The summed E-state index contributed by atoms with van der Waals surface area (Å²) in [4.78, 5) is 0. The maximum absolute atomic E-state index is 5.65. The Hall–Kier alpha value is -0.160. The molecule has 1 aliphatic rings. The van der Waals surface area contributed by atoms with Crippen LogP contribution in [-0.2, 0) is 14.2 Å². The van der Waals surface area contributed by atoms with Gasteiger partial charge in [-0.05, 0) is 26.2 Å². The highest BCUT2D eigenvalue weighted by Crippen LogP contribution is 2.18. The predicted molar refractivity (Wildman–Crippen MR) is 63.8 cm³/mol. The van der Waals surface area contributed by atoms with Crippen LogP contribution in [0.25, 0.3) is 0 Å². The molecule has 0 aromatic carbocycles. The Morgan fingerprint density at radius 2 is 2.00 bits per heavy atom. The third-order valence-corrected chi connectivity index (χ3v) is 2.54. The Morgan fingerprint density at radius 3 is 2.69 bits per heavy atom. The van der Waals surface area contributed by atoms with Crippen LogP contribution in [0.3, 0.4) is 0 Å². The molecule has 4 heteroatoms. The molecule has 0 aliphatic heterocycles. The second-order valence-electron chi connectivity index (χ2n) is 4.32. The summed E-state index contributed by atoms with van der Waals surface area (Å²) in [5.74, 6) is 0. The maximum Gasteiger partial charge on any atom is 0.0700 e. The number of hydrogen-bond donors (Lipinski definition) is 1. The first-order chi connectivity index (χ1) is 7.83. The summed E-state index contributed by atoms with van der Waals surface area (Å²) in [6, 6.07) is 0.767. The Bertz CT molecular complexity index is 162. The molecule has 0 heterocycles. The van der Waals surface area contributed by atoms with Crippen molar-refractivity contribution in [2.45, 2.75) is 38.3 Å². The van der Waals surface area contributed by atoms with Gasteiger partial charge in [-0.15, -0.1) is 0 Å². The minimum atomic E-state index is 0.305. The zero-order valence-corrected chi connectivity index (χ0v) is 10.5. The fraction of sp³-hybridized carbons (Fsp3) is 1.00. The zero-order chi connectivity index (χ0) is 11.6. The maximum atomic E-state index is 5.65. The van der Waals surface area contributed by atoms with E-state index in [1.807, 2.05) is 0 Å². The van der Waals surface area contributed by atoms with E-state index in [9.17, 15) is 0 Å². The van der Waals surface area contributed by atoms with Crippen molar-refractivity contribution in [1.82, 2.24) is 5.32 Å². The summed E-state index contributed by atoms with van der Waals surface area (Å²) in [5.41, 5.74) is 0. The number of ether oxygens (including phenoxy) is 3. The molecule has 96 valence electrons. The van der Waals surface area contributed by atoms with Gasteiger partial charge in [0.05, 0.1) is 19.3 Å². The van der Waals surface area contributed by atoms with E-state index in [4.69, 9.17) is 14.2 Å². The lowest BCUT2D eigenvalue weighted by Gasteiger charge is -2.13. The van der Waals surface area contributed by atoms with Gasteiger partial charge in [0.1, 0.15) is 0 Å². The predicted octanol–water partition coefficient (Wildman–Crippen LogP) is 1.20. The largest absolute Gasteiger partial charge is 0.382 e. The molecule has 1 rings (SSSR count). The van der Waals surface area contributed by atoms with E-state index >= 15 is 0 Å². The van der Waals surface area contributed by atoms with Gasteiger partial charge >= 0.3 is 0 Å². The molecule has 1 N–H and O–H groups in total. The first-order valence-corrected chi connectivity index (χ1v) is 6.24. The SMILES string of the molecule is COCCOCCCOC(C)CNC1CC1. The quantitative estimate of drug-likeness (QED) is 0.542. The molecule has 1 aliphatic carbocycles. The van der Waals surface area contributed by atoms with E-state index in [0.29, 0.717) is 19.3 Å². The molecule has 1 saturated carbocycles. The molecule has 1 atom stereocenters. The number of methoxy groups -OCH3 is 1. The molecule has 0 amide bonds.